The maximum absolute atomic E-state index is 11.9. The standard InChI is InChI=1S/C12H22N4O2/c1-5-12(3,4)15-11(17)9(2)13-7-6-10-14-8-18-16-10/h8-9,13H,5-7H2,1-4H3,(H,15,17). The molecule has 1 amide bonds. The summed E-state index contributed by atoms with van der Waals surface area (Å²) in [5.74, 6) is 0.652. The van der Waals surface area contributed by atoms with Gasteiger partial charge in [-0.15, -0.1) is 0 Å². The predicted molar refractivity (Wildman–Crippen MR) is 68.0 cm³/mol. The molecule has 6 nitrogen and oxygen atoms in total. The molecule has 102 valence electrons. The summed E-state index contributed by atoms with van der Waals surface area (Å²) in [5, 5.41) is 9.84. The molecule has 1 atom stereocenters. The lowest BCUT2D eigenvalue weighted by Crippen LogP contribution is -2.51. The molecule has 0 aliphatic rings. The normalized spacial score (nSPS) is 13.3. The highest BCUT2D eigenvalue weighted by atomic mass is 16.5. The number of hydrogen-bond acceptors (Lipinski definition) is 5. The van der Waals surface area contributed by atoms with Gasteiger partial charge >= 0.3 is 0 Å². The number of hydrogen-bond donors (Lipinski definition) is 2. The van der Waals surface area contributed by atoms with E-state index >= 15 is 0 Å². The number of carbonyl (C=O) groups is 1. The monoisotopic (exact) mass is 254 g/mol. The fourth-order valence-electron chi connectivity index (χ4n) is 1.33. The van der Waals surface area contributed by atoms with Crippen molar-refractivity contribution in [1.82, 2.24) is 20.8 Å². The molecular weight excluding hydrogens is 232 g/mol. The first-order valence-corrected chi connectivity index (χ1v) is 6.25. The highest BCUT2D eigenvalue weighted by Crippen LogP contribution is 2.06. The Morgan fingerprint density at radius 1 is 1.56 bits per heavy atom. The molecule has 1 rings (SSSR count). The molecule has 0 saturated carbocycles. The zero-order chi connectivity index (χ0) is 13.6. The molecule has 0 spiro atoms. The Morgan fingerprint density at radius 2 is 2.28 bits per heavy atom. The van der Waals surface area contributed by atoms with E-state index in [-0.39, 0.29) is 17.5 Å². The summed E-state index contributed by atoms with van der Waals surface area (Å²) in [6.07, 6.45) is 2.84. The molecule has 6 heteroatoms. The molecule has 1 aromatic rings. The van der Waals surface area contributed by atoms with Crippen LogP contribution in [0, 0.1) is 0 Å². The second-order valence-electron chi connectivity index (χ2n) is 5.00. The molecule has 0 fully saturated rings. The summed E-state index contributed by atoms with van der Waals surface area (Å²) >= 11 is 0. The third-order valence-electron chi connectivity index (χ3n) is 2.94. The maximum atomic E-state index is 11.9. The number of amides is 1. The minimum atomic E-state index is -0.234. The van der Waals surface area contributed by atoms with Gasteiger partial charge in [-0.3, -0.25) is 4.79 Å². The second kappa shape index (κ2) is 6.49. The molecule has 1 aromatic heterocycles. The molecule has 1 unspecified atom stereocenters. The number of rotatable bonds is 7. The van der Waals surface area contributed by atoms with Crippen molar-refractivity contribution in [3.8, 4) is 0 Å². The highest BCUT2D eigenvalue weighted by Gasteiger charge is 2.21. The maximum Gasteiger partial charge on any atom is 0.237 e. The lowest BCUT2D eigenvalue weighted by molar-refractivity contribution is -0.124. The summed E-state index contributed by atoms with van der Waals surface area (Å²) in [5.41, 5.74) is -0.166. The van der Waals surface area contributed by atoms with Gasteiger partial charge < -0.3 is 15.2 Å². The third kappa shape index (κ3) is 4.83. The number of carbonyl (C=O) groups excluding carboxylic acids is 1. The van der Waals surface area contributed by atoms with Crippen LogP contribution in [0.3, 0.4) is 0 Å². The first-order valence-electron chi connectivity index (χ1n) is 6.25. The lowest BCUT2D eigenvalue weighted by Gasteiger charge is -2.26. The van der Waals surface area contributed by atoms with Crippen molar-refractivity contribution in [2.45, 2.75) is 52.1 Å². The zero-order valence-corrected chi connectivity index (χ0v) is 11.5. The van der Waals surface area contributed by atoms with Crippen molar-refractivity contribution in [3.05, 3.63) is 12.2 Å². The molecule has 1 heterocycles. The summed E-state index contributed by atoms with van der Waals surface area (Å²) in [4.78, 5) is 15.8. The van der Waals surface area contributed by atoms with Gasteiger partial charge in [-0.1, -0.05) is 12.1 Å². The van der Waals surface area contributed by atoms with Crippen LogP contribution in [0.1, 0.15) is 39.9 Å². The van der Waals surface area contributed by atoms with Crippen molar-refractivity contribution in [3.63, 3.8) is 0 Å². The number of nitrogens with zero attached hydrogens (tertiary/aromatic N) is 2. The molecule has 0 aromatic carbocycles. The van der Waals surface area contributed by atoms with Gasteiger partial charge in [0.2, 0.25) is 12.3 Å². The van der Waals surface area contributed by atoms with Crippen LogP contribution >= 0.6 is 0 Å². The quantitative estimate of drug-likeness (QED) is 0.755. The topological polar surface area (TPSA) is 80.0 Å². The van der Waals surface area contributed by atoms with E-state index in [1.165, 1.54) is 6.39 Å². The van der Waals surface area contributed by atoms with E-state index in [2.05, 4.69) is 32.2 Å². The molecule has 0 aliphatic heterocycles. The Morgan fingerprint density at radius 3 is 2.83 bits per heavy atom. The summed E-state index contributed by atoms with van der Waals surface area (Å²) in [7, 11) is 0. The van der Waals surface area contributed by atoms with Crippen LogP contribution in [0.15, 0.2) is 10.9 Å². The Balaban J connectivity index is 2.27. The average molecular weight is 254 g/mol. The second-order valence-corrected chi connectivity index (χ2v) is 5.00. The van der Waals surface area contributed by atoms with E-state index in [1.54, 1.807) is 0 Å². The fraction of sp³-hybridized carbons (Fsp3) is 0.750. The van der Waals surface area contributed by atoms with Gasteiger partial charge in [0.1, 0.15) is 0 Å². The first-order chi connectivity index (χ1) is 8.44. The van der Waals surface area contributed by atoms with Gasteiger partial charge in [-0.05, 0) is 27.2 Å². The van der Waals surface area contributed by atoms with Crippen LogP contribution in [0.2, 0.25) is 0 Å². The van der Waals surface area contributed by atoms with Crippen molar-refractivity contribution in [2.24, 2.45) is 0 Å². The van der Waals surface area contributed by atoms with Gasteiger partial charge in [0, 0.05) is 18.5 Å². The minimum Gasteiger partial charge on any atom is -0.350 e. The fourth-order valence-corrected chi connectivity index (χ4v) is 1.33. The van der Waals surface area contributed by atoms with E-state index in [4.69, 9.17) is 0 Å². The van der Waals surface area contributed by atoms with Gasteiger partial charge in [0.05, 0.1) is 6.04 Å². The lowest BCUT2D eigenvalue weighted by atomic mass is 10.0. The number of aromatic nitrogens is 2. The zero-order valence-electron chi connectivity index (χ0n) is 11.5. The van der Waals surface area contributed by atoms with Crippen LogP contribution in [-0.2, 0) is 11.2 Å². The molecule has 2 N–H and O–H groups in total. The van der Waals surface area contributed by atoms with Crippen LogP contribution in [0.5, 0.6) is 0 Å². The van der Waals surface area contributed by atoms with Gasteiger partial charge in [0.25, 0.3) is 0 Å². The largest absolute Gasteiger partial charge is 0.350 e. The predicted octanol–water partition coefficient (Wildman–Crippen LogP) is 0.895. The van der Waals surface area contributed by atoms with E-state index < -0.39 is 0 Å². The molecule has 0 aliphatic carbocycles. The summed E-state index contributed by atoms with van der Waals surface area (Å²) < 4.78 is 4.63. The van der Waals surface area contributed by atoms with Crippen molar-refractivity contribution in [2.75, 3.05) is 6.54 Å². The molecule has 0 radical (unpaired) electrons. The average Bonchev–Trinajstić information content (AvgIpc) is 2.81. The SMILES string of the molecule is CCC(C)(C)NC(=O)C(C)NCCc1ncon1. The van der Waals surface area contributed by atoms with E-state index in [9.17, 15) is 4.79 Å². The molecule has 0 saturated heterocycles. The van der Waals surface area contributed by atoms with Gasteiger partial charge in [-0.2, -0.15) is 4.98 Å². The Bertz CT molecular complexity index is 362. The summed E-state index contributed by atoms with van der Waals surface area (Å²) in [6.45, 7) is 8.56. The summed E-state index contributed by atoms with van der Waals surface area (Å²) in [6, 6.07) is -0.234. The molecular formula is C12H22N4O2. The third-order valence-corrected chi connectivity index (χ3v) is 2.94. The van der Waals surface area contributed by atoms with Crippen LogP contribution in [-0.4, -0.2) is 34.2 Å². The van der Waals surface area contributed by atoms with Gasteiger partial charge in [-0.25, -0.2) is 0 Å². The van der Waals surface area contributed by atoms with Crippen LogP contribution < -0.4 is 10.6 Å². The number of nitrogens with one attached hydrogen (secondary N) is 2. The first kappa shape index (κ1) is 14.6. The van der Waals surface area contributed by atoms with E-state index in [0.717, 1.165) is 6.42 Å². The van der Waals surface area contributed by atoms with Crippen molar-refractivity contribution in [1.29, 1.82) is 0 Å². The van der Waals surface area contributed by atoms with E-state index in [1.807, 2.05) is 20.8 Å². The van der Waals surface area contributed by atoms with E-state index in [0.29, 0.717) is 18.8 Å². The van der Waals surface area contributed by atoms with Crippen LogP contribution in [0.25, 0.3) is 0 Å². The highest BCUT2D eigenvalue weighted by molar-refractivity contribution is 5.81. The Labute approximate surface area is 108 Å². The van der Waals surface area contributed by atoms with Gasteiger partial charge in [0.15, 0.2) is 5.82 Å². The van der Waals surface area contributed by atoms with Crippen molar-refractivity contribution < 1.29 is 9.32 Å². The molecule has 0 bridgehead atoms. The Hall–Kier alpha value is -1.43. The van der Waals surface area contributed by atoms with Crippen molar-refractivity contribution >= 4 is 5.91 Å². The smallest absolute Gasteiger partial charge is 0.237 e. The Kier molecular flexibility index (Phi) is 5.27. The molecule has 18 heavy (non-hydrogen) atoms. The van der Waals surface area contributed by atoms with Crippen LogP contribution in [0.4, 0.5) is 0 Å². The minimum absolute atomic E-state index is 0.00922.